The van der Waals surface area contributed by atoms with Gasteiger partial charge in [0.15, 0.2) is 0 Å². The molecule has 0 fully saturated rings. The van der Waals surface area contributed by atoms with Crippen molar-refractivity contribution in [3.63, 3.8) is 0 Å². The number of amides is 2. The van der Waals surface area contributed by atoms with Crippen LogP contribution >= 0.6 is 66.2 Å². The lowest BCUT2D eigenvalue weighted by molar-refractivity contribution is -0.137. The van der Waals surface area contributed by atoms with Crippen molar-refractivity contribution in [2.75, 3.05) is 29.6 Å². The van der Waals surface area contributed by atoms with Crippen LogP contribution < -0.4 is 9.80 Å². The van der Waals surface area contributed by atoms with Crippen molar-refractivity contribution in [1.82, 2.24) is 0 Å². The zero-order chi connectivity index (χ0) is 86.4. The Bertz CT molecular complexity index is 4970. The van der Waals surface area contributed by atoms with Crippen molar-refractivity contribution in [3.8, 4) is 44.5 Å². The maximum absolute atomic E-state index is 18.2. The minimum absolute atomic E-state index is 0.205. The fourth-order valence-electron chi connectivity index (χ4n) is 15.7. The number of aryl methyl sites for hydroxylation is 8. The fraction of sp³-hybridized carbons (Fsp3) is 0.468. The van der Waals surface area contributed by atoms with Gasteiger partial charge >= 0.3 is 27.5 Å². The second-order valence-corrected chi connectivity index (χ2v) is 44.0. The van der Waals surface area contributed by atoms with E-state index in [0.29, 0.717) is 22.5 Å². The van der Waals surface area contributed by atoms with Crippen LogP contribution in [-0.2, 0) is 71.9 Å². The van der Waals surface area contributed by atoms with Gasteiger partial charge in [0.05, 0.1) is 13.2 Å². The normalized spacial score (nSPS) is 13.2. The van der Waals surface area contributed by atoms with Gasteiger partial charge in [-0.15, -0.1) is 50.5 Å². The summed E-state index contributed by atoms with van der Waals surface area (Å²) in [7, 11) is -10.1. The third kappa shape index (κ3) is 20.7. The zero-order valence-corrected chi connectivity index (χ0v) is 78.5. The van der Waals surface area contributed by atoms with Gasteiger partial charge in [-0.3, -0.25) is 14.5 Å². The summed E-state index contributed by atoms with van der Waals surface area (Å²) in [6.07, 6.45) is 0. The summed E-state index contributed by atoms with van der Waals surface area (Å²) in [6, 6.07) is 35.4. The topological polar surface area (TPSA) is 205 Å². The smallest absolute Gasteiger partial charge is 0.395 e. The second kappa shape index (κ2) is 33.2. The van der Waals surface area contributed by atoms with E-state index < -0.39 is 67.9 Å². The molecule has 0 aromatic heterocycles. The predicted octanol–water partition coefficient (Wildman–Crippen LogP) is 23.8. The molecule has 113 heavy (non-hydrogen) atoms. The maximum Gasteiger partial charge on any atom is 0.478 e. The second-order valence-electron chi connectivity index (χ2n) is 39.4. The van der Waals surface area contributed by atoms with Crippen LogP contribution in [0.15, 0.2) is 117 Å². The van der Waals surface area contributed by atoms with Crippen molar-refractivity contribution in [3.05, 3.63) is 197 Å². The molecular formula is C94H128N2O11P2S4. The molecule has 0 radical (unpaired) electrons. The number of aliphatic hydroxyl groups is 2. The van der Waals surface area contributed by atoms with Crippen molar-refractivity contribution in [2.24, 2.45) is 0 Å². The number of aliphatic hydroxyl groups excluding tert-OH is 2. The number of nitrogens with zero attached hydrogens (tertiary/aromatic N) is 2. The molecule has 0 spiro atoms. The number of thiol groups is 4. The van der Waals surface area contributed by atoms with E-state index in [1.807, 2.05) is 6.07 Å². The molecule has 6 N–H and O–H groups in total. The van der Waals surface area contributed by atoms with Crippen LogP contribution in [0.5, 0.6) is 0 Å². The highest BCUT2D eigenvalue weighted by molar-refractivity contribution is 7.81. The summed E-state index contributed by atoms with van der Waals surface area (Å²) in [5.41, 5.74) is 20.7. The Morgan fingerprint density at radius 1 is 0.310 bits per heavy atom. The van der Waals surface area contributed by atoms with Crippen LogP contribution in [-0.4, -0.2) is 61.4 Å². The molecule has 0 atom stereocenters. The van der Waals surface area contributed by atoms with Gasteiger partial charge in [0.25, 0.3) is 0 Å². The van der Waals surface area contributed by atoms with Crippen molar-refractivity contribution in [2.45, 2.75) is 290 Å². The minimum atomic E-state index is -5.05. The number of carbonyl (C=O) groups is 2. The van der Waals surface area contributed by atoms with Gasteiger partial charge in [0.2, 0.25) is 0 Å². The standard InChI is InChI=1S/C94H124N2O4S4.H4O7P2/c1-52-35-70(68(86(9,10)11)43-60(52)64-47-74(90(21,22)23)80(101)39-56(64)5)94(51-98,71-36-53(2)61(44-69(71)87(12,13)14)65-48-75(91(24,25)26)81(102)40-57(65)6)96(79-38-55(4)63(46-73(79)89(18,19)20)67-50-77(93(30,31)32)83(104)42-59(67)8)85(100)84(99)95(33-34-97)78-37-54(3)62(45-72(78)88(15,16)17)66-49-76(92(27,28)29)82(103)41-58(66)7;1-8(2,3)7-9(4,5)6/h35-50,97-98,101-104H,33-34,51H2,1-32H3;(H2,1,2,3)(H2,4,5,6). The molecule has 0 saturated heterocycles. The molecule has 13 nitrogen and oxygen atoms in total. The molecule has 0 heterocycles. The first-order valence-electron chi connectivity index (χ1n) is 38.7. The van der Waals surface area contributed by atoms with Gasteiger partial charge in [0.1, 0.15) is 5.54 Å². The summed E-state index contributed by atoms with van der Waals surface area (Å²) >= 11 is 20.3. The van der Waals surface area contributed by atoms with E-state index in [2.05, 4.69) is 317 Å². The molecular weight excluding hydrogens is 1520 g/mol. The Hall–Kier alpha value is -5.72. The molecule has 0 saturated carbocycles. The summed E-state index contributed by atoms with van der Waals surface area (Å²) in [6.45, 7) is 68.3. The van der Waals surface area contributed by atoms with Crippen LogP contribution in [0.3, 0.4) is 0 Å². The molecule has 0 unspecified atom stereocenters. The SMILES string of the molecule is Cc1cc(S)c(C(C)(C)C)cc1-c1cc(C(C)(C)C)c(N(CCO)C(=O)C(=O)N(c2cc(C)c(-c3cc(C(C)(C)C)c(S)cc3C)cc2C(C)(C)C)C(CO)(c2cc(C)c(-c3cc(C(C)(C)C)c(S)cc3C)cc2C(C)(C)C)c2cc(C)c(-c3cc(C(C)(C)C)c(S)cc3C)cc2C(C)(C)C)cc1C.O=P(O)(O)OP(=O)(O)O. The highest BCUT2D eigenvalue weighted by atomic mass is 32.1. The number of hydrogen-bond acceptors (Lipinski definition) is 11. The highest BCUT2D eigenvalue weighted by Crippen LogP contribution is 2.56. The van der Waals surface area contributed by atoms with Crippen molar-refractivity contribution in [1.29, 1.82) is 0 Å². The third-order valence-electron chi connectivity index (χ3n) is 21.6. The quantitative estimate of drug-likeness (QED) is 0.0282. The number of phosphoric acid groups is 2. The van der Waals surface area contributed by atoms with Gasteiger partial charge < -0.3 is 34.7 Å². The van der Waals surface area contributed by atoms with Crippen LogP contribution in [0, 0.1) is 55.4 Å². The summed E-state index contributed by atoms with van der Waals surface area (Å²) in [4.78, 5) is 73.6. The summed E-state index contributed by atoms with van der Waals surface area (Å²) < 4.78 is 22.2. The number of carbonyl (C=O) groups excluding carboxylic acids is 2. The van der Waals surface area contributed by atoms with E-state index in [1.165, 1.54) is 4.90 Å². The zero-order valence-electron chi connectivity index (χ0n) is 73.2. The van der Waals surface area contributed by atoms with Gasteiger partial charge in [-0.2, -0.15) is 4.31 Å². The molecule has 0 bridgehead atoms. The van der Waals surface area contributed by atoms with Gasteiger partial charge in [-0.25, -0.2) is 9.13 Å². The van der Waals surface area contributed by atoms with Gasteiger partial charge in [-0.1, -0.05) is 178 Å². The van der Waals surface area contributed by atoms with E-state index in [1.54, 1.807) is 4.90 Å². The third-order valence-corrected chi connectivity index (χ3v) is 24.8. The Morgan fingerprint density at radius 3 is 0.743 bits per heavy atom. The van der Waals surface area contributed by atoms with Crippen LogP contribution in [0.4, 0.5) is 11.4 Å². The van der Waals surface area contributed by atoms with E-state index in [9.17, 15) is 19.3 Å². The van der Waals surface area contributed by atoms with Crippen molar-refractivity contribution >= 4 is 89.3 Å². The first-order chi connectivity index (χ1) is 51.0. The first-order valence-corrected chi connectivity index (χ1v) is 43.6. The average molecular weight is 1650 g/mol. The Balaban J connectivity index is 0.00000185. The summed E-state index contributed by atoms with van der Waals surface area (Å²) in [5.74, 6) is -1.73. The largest absolute Gasteiger partial charge is 0.478 e. The van der Waals surface area contributed by atoms with E-state index in [-0.39, 0.29) is 28.2 Å². The lowest BCUT2D eigenvalue weighted by atomic mass is 9.67. The first kappa shape index (κ1) is 94.4. The van der Waals surface area contributed by atoms with E-state index >= 15 is 9.59 Å². The average Bonchev–Trinajstić information content (AvgIpc) is 0.699. The monoisotopic (exact) mass is 1650 g/mol. The number of hydrogen-bond donors (Lipinski definition) is 10. The predicted molar refractivity (Wildman–Crippen MR) is 484 cm³/mol. The van der Waals surface area contributed by atoms with Crippen LogP contribution in [0.25, 0.3) is 44.5 Å². The highest BCUT2D eigenvalue weighted by Gasteiger charge is 2.53. The summed E-state index contributed by atoms with van der Waals surface area (Å²) in [5, 5.41) is 25.8. The van der Waals surface area contributed by atoms with E-state index in [0.717, 1.165) is 153 Å². The molecule has 2 amide bonds. The lowest BCUT2D eigenvalue weighted by Crippen LogP contribution is -2.59. The maximum atomic E-state index is 18.2. The molecule has 8 aromatic carbocycles. The van der Waals surface area contributed by atoms with Crippen LogP contribution in [0.2, 0.25) is 0 Å². The molecule has 8 rings (SSSR count). The Morgan fingerprint density at radius 2 is 0.522 bits per heavy atom. The molecule has 8 aromatic rings. The Kier molecular flexibility index (Phi) is 27.8. The molecule has 0 aliphatic rings. The van der Waals surface area contributed by atoms with Gasteiger partial charge in [-0.05, 0) is 328 Å². The number of benzene rings is 8. The molecule has 614 valence electrons. The molecule has 19 heteroatoms. The lowest BCUT2D eigenvalue weighted by Gasteiger charge is -2.49. The number of rotatable bonds is 14. The van der Waals surface area contributed by atoms with Gasteiger partial charge in [0, 0.05) is 37.5 Å². The Labute approximate surface area is 698 Å². The minimum Gasteiger partial charge on any atom is -0.395 e. The number of anilines is 2. The van der Waals surface area contributed by atoms with Crippen molar-refractivity contribution < 1.29 is 52.8 Å². The fourth-order valence-corrected chi connectivity index (χ4v) is 19.2. The molecule has 0 aliphatic heterocycles. The van der Waals surface area contributed by atoms with Crippen LogP contribution in [0.1, 0.15) is 266 Å². The van der Waals surface area contributed by atoms with E-state index in [4.69, 9.17) is 70.1 Å². The molecule has 0 aliphatic carbocycles.